The largest absolute Gasteiger partial charge is 0.297 e. The Balaban J connectivity index is 1.34. The van der Waals surface area contributed by atoms with Crippen molar-refractivity contribution in [3.8, 4) is 21.1 Å². The van der Waals surface area contributed by atoms with E-state index in [4.69, 9.17) is 23.2 Å². The summed E-state index contributed by atoms with van der Waals surface area (Å²) in [6.07, 6.45) is 0. The van der Waals surface area contributed by atoms with Crippen molar-refractivity contribution in [3.63, 3.8) is 0 Å². The molecule has 0 unspecified atom stereocenters. The molecule has 5 rings (SSSR count). The van der Waals surface area contributed by atoms with Crippen LogP contribution in [-0.4, -0.2) is 15.9 Å². The number of halogens is 2. The molecule has 3 aromatic heterocycles. The highest BCUT2D eigenvalue weighted by molar-refractivity contribution is 7.26. The fourth-order valence-electron chi connectivity index (χ4n) is 2.86. The van der Waals surface area contributed by atoms with Crippen LogP contribution in [0.3, 0.4) is 0 Å². The van der Waals surface area contributed by atoms with Gasteiger partial charge in [-0.2, -0.15) is 0 Å². The third-order valence-electron chi connectivity index (χ3n) is 4.27. The molecule has 148 valence electrons. The first kappa shape index (κ1) is 19.7. The number of rotatable bonds is 4. The lowest BCUT2D eigenvalue weighted by atomic mass is 10.2. The quantitative estimate of drug-likeness (QED) is 0.282. The first-order valence-corrected chi connectivity index (χ1v) is 12.0. The van der Waals surface area contributed by atoms with Gasteiger partial charge in [0.25, 0.3) is 5.91 Å². The standard InChI is InChI=1S/C21H11Cl2N3OS3/c22-11-5-6-12(13(23)9-11)15-10-28-21(25-15)26-19(27)17-7-8-18(29-17)20-24-14-3-1-2-4-16(14)30-20/h1-10H,(H,25,26,27). The van der Waals surface area contributed by atoms with Crippen LogP contribution in [0.1, 0.15) is 9.67 Å². The van der Waals surface area contributed by atoms with E-state index in [-0.39, 0.29) is 5.91 Å². The minimum absolute atomic E-state index is 0.199. The molecule has 1 amide bonds. The molecular weight excluding hydrogens is 477 g/mol. The number of carbonyl (C=O) groups excluding carboxylic acids is 1. The van der Waals surface area contributed by atoms with Crippen LogP contribution in [-0.2, 0) is 0 Å². The highest BCUT2D eigenvalue weighted by Crippen LogP contribution is 2.35. The van der Waals surface area contributed by atoms with E-state index >= 15 is 0 Å². The number of para-hydroxylation sites is 1. The molecule has 2 aromatic carbocycles. The van der Waals surface area contributed by atoms with Crippen molar-refractivity contribution < 1.29 is 4.79 Å². The summed E-state index contributed by atoms with van der Waals surface area (Å²) in [5.41, 5.74) is 2.43. The van der Waals surface area contributed by atoms with Crippen LogP contribution in [0.15, 0.2) is 60.0 Å². The molecular formula is C21H11Cl2N3OS3. The molecule has 5 aromatic rings. The van der Waals surface area contributed by atoms with Crippen molar-refractivity contribution >= 4 is 78.5 Å². The van der Waals surface area contributed by atoms with Gasteiger partial charge in [-0.05, 0) is 42.5 Å². The first-order chi connectivity index (χ1) is 14.6. The van der Waals surface area contributed by atoms with Crippen molar-refractivity contribution in [1.82, 2.24) is 9.97 Å². The van der Waals surface area contributed by atoms with Gasteiger partial charge < -0.3 is 0 Å². The summed E-state index contributed by atoms with van der Waals surface area (Å²) in [5, 5.41) is 7.22. The summed E-state index contributed by atoms with van der Waals surface area (Å²) in [5.74, 6) is -0.199. The fraction of sp³-hybridized carbons (Fsp3) is 0. The highest BCUT2D eigenvalue weighted by atomic mass is 35.5. The zero-order valence-corrected chi connectivity index (χ0v) is 19.0. The Labute approximate surface area is 193 Å². The molecule has 0 saturated heterocycles. The van der Waals surface area contributed by atoms with Gasteiger partial charge in [0, 0.05) is 16.0 Å². The molecule has 0 spiro atoms. The smallest absolute Gasteiger partial charge is 0.267 e. The Morgan fingerprint density at radius 1 is 0.967 bits per heavy atom. The number of thiophene rings is 1. The summed E-state index contributed by atoms with van der Waals surface area (Å²) < 4.78 is 1.13. The number of carbonyl (C=O) groups is 1. The molecule has 30 heavy (non-hydrogen) atoms. The number of fused-ring (bicyclic) bond motifs is 1. The van der Waals surface area contributed by atoms with Gasteiger partial charge in [-0.3, -0.25) is 10.1 Å². The molecule has 4 nitrogen and oxygen atoms in total. The Morgan fingerprint density at radius 2 is 1.83 bits per heavy atom. The number of nitrogens with zero attached hydrogens (tertiary/aromatic N) is 2. The maximum absolute atomic E-state index is 12.7. The topological polar surface area (TPSA) is 54.9 Å². The molecule has 0 aliphatic carbocycles. The first-order valence-electron chi connectivity index (χ1n) is 8.75. The molecule has 0 fully saturated rings. The molecule has 0 atom stereocenters. The van der Waals surface area contributed by atoms with E-state index in [1.54, 1.807) is 23.5 Å². The van der Waals surface area contributed by atoms with Crippen molar-refractivity contribution in [1.29, 1.82) is 0 Å². The summed E-state index contributed by atoms with van der Waals surface area (Å²) in [4.78, 5) is 23.4. The molecule has 0 bridgehead atoms. The second-order valence-electron chi connectivity index (χ2n) is 6.27. The summed E-state index contributed by atoms with van der Waals surface area (Å²) >= 11 is 16.6. The van der Waals surface area contributed by atoms with Gasteiger partial charge >= 0.3 is 0 Å². The average molecular weight is 488 g/mol. The van der Waals surface area contributed by atoms with Crippen molar-refractivity contribution in [2.45, 2.75) is 0 Å². The van der Waals surface area contributed by atoms with Crippen LogP contribution in [0.5, 0.6) is 0 Å². The number of amides is 1. The van der Waals surface area contributed by atoms with Crippen LogP contribution < -0.4 is 5.32 Å². The molecule has 0 aliphatic heterocycles. The Bertz CT molecular complexity index is 1360. The molecule has 0 aliphatic rings. The Kier molecular flexibility index (Phi) is 5.30. The average Bonchev–Trinajstić information content (AvgIpc) is 3.47. The molecule has 9 heteroatoms. The van der Waals surface area contributed by atoms with Gasteiger partial charge in [0.2, 0.25) is 0 Å². The lowest BCUT2D eigenvalue weighted by molar-refractivity contribution is 0.103. The minimum Gasteiger partial charge on any atom is -0.297 e. The third-order valence-corrected chi connectivity index (χ3v) is 7.86. The number of hydrogen-bond donors (Lipinski definition) is 1. The van der Waals surface area contributed by atoms with Crippen molar-refractivity contribution in [3.05, 3.63) is 74.9 Å². The number of aromatic nitrogens is 2. The number of thiazole rings is 2. The van der Waals surface area contributed by atoms with E-state index in [0.717, 1.165) is 25.7 Å². The minimum atomic E-state index is -0.199. The van der Waals surface area contributed by atoms with Crippen LogP contribution in [0.25, 0.3) is 31.4 Å². The predicted octanol–water partition coefficient (Wildman–Crippen LogP) is 7.71. The Hall–Kier alpha value is -2.29. The molecule has 3 heterocycles. The van der Waals surface area contributed by atoms with Gasteiger partial charge in [-0.25, -0.2) is 9.97 Å². The lowest BCUT2D eigenvalue weighted by Crippen LogP contribution is -2.09. The molecule has 0 saturated carbocycles. The van der Waals surface area contributed by atoms with Crippen molar-refractivity contribution in [2.75, 3.05) is 5.32 Å². The van der Waals surface area contributed by atoms with Gasteiger partial charge in [0.1, 0.15) is 5.01 Å². The number of hydrogen-bond acceptors (Lipinski definition) is 6. The lowest BCUT2D eigenvalue weighted by Gasteiger charge is -2.01. The zero-order valence-electron chi connectivity index (χ0n) is 15.1. The van der Waals surface area contributed by atoms with E-state index in [9.17, 15) is 4.79 Å². The monoisotopic (exact) mass is 487 g/mol. The second-order valence-corrected chi connectivity index (χ2v) is 10.1. The number of nitrogens with one attached hydrogen (secondary N) is 1. The van der Waals surface area contributed by atoms with Gasteiger partial charge in [0.05, 0.1) is 30.7 Å². The SMILES string of the molecule is O=C(Nc1nc(-c2ccc(Cl)cc2Cl)cs1)c1ccc(-c2nc3ccccc3s2)s1. The van der Waals surface area contributed by atoms with Gasteiger partial charge in [0.15, 0.2) is 5.13 Å². The van der Waals surface area contributed by atoms with Crippen LogP contribution in [0.4, 0.5) is 5.13 Å². The van der Waals surface area contributed by atoms with Crippen LogP contribution in [0.2, 0.25) is 10.0 Å². The zero-order chi connectivity index (χ0) is 20.7. The van der Waals surface area contributed by atoms with Crippen LogP contribution in [0, 0.1) is 0 Å². The van der Waals surface area contributed by atoms with Crippen LogP contribution >= 0.6 is 57.2 Å². The molecule has 1 N–H and O–H groups in total. The number of benzene rings is 2. The predicted molar refractivity (Wildman–Crippen MR) is 128 cm³/mol. The second kappa shape index (κ2) is 8.09. The normalized spacial score (nSPS) is 11.1. The van der Waals surface area contributed by atoms with E-state index in [1.165, 1.54) is 22.7 Å². The fourth-order valence-corrected chi connectivity index (χ4v) is 6.00. The summed E-state index contributed by atoms with van der Waals surface area (Å²) in [6, 6.07) is 17.0. The van der Waals surface area contributed by atoms with E-state index < -0.39 is 0 Å². The van der Waals surface area contributed by atoms with Gasteiger partial charge in [-0.15, -0.1) is 34.0 Å². The number of anilines is 1. The molecule has 0 radical (unpaired) electrons. The maximum Gasteiger partial charge on any atom is 0.267 e. The maximum atomic E-state index is 12.7. The summed E-state index contributed by atoms with van der Waals surface area (Å²) in [6.45, 7) is 0. The summed E-state index contributed by atoms with van der Waals surface area (Å²) in [7, 11) is 0. The van der Waals surface area contributed by atoms with Gasteiger partial charge in [-0.1, -0.05) is 35.3 Å². The van der Waals surface area contributed by atoms with E-state index in [0.29, 0.717) is 25.7 Å². The Morgan fingerprint density at radius 3 is 2.67 bits per heavy atom. The highest BCUT2D eigenvalue weighted by Gasteiger charge is 2.15. The van der Waals surface area contributed by atoms with E-state index in [1.807, 2.05) is 47.8 Å². The van der Waals surface area contributed by atoms with E-state index in [2.05, 4.69) is 15.3 Å². The van der Waals surface area contributed by atoms with Crippen molar-refractivity contribution in [2.24, 2.45) is 0 Å². The third kappa shape index (κ3) is 3.87.